The largest absolute Gasteiger partial charge is 0.349 e. The van der Waals surface area contributed by atoms with Crippen LogP contribution in [0.4, 0.5) is 0 Å². The first kappa shape index (κ1) is 11.8. The molecule has 0 aromatic carbocycles. The van der Waals surface area contributed by atoms with Gasteiger partial charge in [-0.05, 0) is 40.2 Å². The zero-order chi connectivity index (χ0) is 11.5. The predicted octanol–water partition coefficient (Wildman–Crippen LogP) is 2.75. The number of ketones is 1. The third-order valence-electron chi connectivity index (χ3n) is 2.70. The minimum Gasteiger partial charge on any atom is -0.349 e. The maximum atomic E-state index is 11.9. The Bertz CT molecular complexity index is 406. The van der Waals surface area contributed by atoms with Gasteiger partial charge in [-0.3, -0.25) is 9.59 Å². The summed E-state index contributed by atoms with van der Waals surface area (Å²) >= 11 is 4.76. The van der Waals surface area contributed by atoms with Crippen molar-refractivity contribution in [3.05, 3.63) is 20.8 Å². The van der Waals surface area contributed by atoms with Gasteiger partial charge < -0.3 is 5.32 Å². The van der Waals surface area contributed by atoms with Crippen LogP contribution in [-0.2, 0) is 4.79 Å². The number of rotatable bonds is 2. The van der Waals surface area contributed by atoms with E-state index in [4.69, 9.17) is 0 Å². The molecule has 1 aliphatic carbocycles. The Kier molecular flexibility index (Phi) is 3.76. The van der Waals surface area contributed by atoms with Crippen molar-refractivity contribution in [2.24, 2.45) is 0 Å². The van der Waals surface area contributed by atoms with Crippen molar-refractivity contribution < 1.29 is 9.59 Å². The summed E-state index contributed by atoms with van der Waals surface area (Å²) in [5.41, 5.74) is 0. The van der Waals surface area contributed by atoms with Crippen molar-refractivity contribution in [2.45, 2.75) is 31.7 Å². The summed E-state index contributed by atoms with van der Waals surface area (Å²) in [5, 5.41) is 4.85. The first-order valence-electron chi connectivity index (χ1n) is 5.22. The van der Waals surface area contributed by atoms with Crippen LogP contribution in [0.15, 0.2) is 15.9 Å². The molecule has 5 heteroatoms. The Labute approximate surface area is 106 Å². The molecule has 16 heavy (non-hydrogen) atoms. The molecule has 0 saturated heterocycles. The highest BCUT2D eigenvalue weighted by Crippen LogP contribution is 2.23. The number of hydrogen-bond donors (Lipinski definition) is 1. The van der Waals surface area contributed by atoms with Gasteiger partial charge in [0.25, 0.3) is 5.91 Å². The van der Waals surface area contributed by atoms with Gasteiger partial charge in [-0.15, -0.1) is 11.3 Å². The molecule has 0 bridgehead atoms. The lowest BCUT2D eigenvalue weighted by Gasteiger charge is -2.21. The lowest BCUT2D eigenvalue weighted by atomic mass is 9.94. The van der Waals surface area contributed by atoms with E-state index in [1.165, 1.54) is 11.3 Å². The normalized spacial score (nSPS) is 17.4. The molecule has 1 heterocycles. The van der Waals surface area contributed by atoms with E-state index in [1.807, 2.05) is 11.4 Å². The second kappa shape index (κ2) is 5.10. The molecule has 1 aliphatic rings. The maximum Gasteiger partial charge on any atom is 0.262 e. The monoisotopic (exact) mass is 301 g/mol. The van der Waals surface area contributed by atoms with Crippen LogP contribution >= 0.6 is 27.3 Å². The average Bonchev–Trinajstić information content (AvgIpc) is 2.68. The van der Waals surface area contributed by atoms with Gasteiger partial charge in [0.1, 0.15) is 10.7 Å². The SMILES string of the molecule is O=C1CCC(NC(=O)c2sccc2Br)CC1. The standard InChI is InChI=1S/C11H12BrNO2S/c12-9-5-6-16-10(9)11(15)13-7-1-3-8(14)4-2-7/h5-7H,1-4H2,(H,13,15). The predicted molar refractivity (Wildman–Crippen MR) is 66.7 cm³/mol. The van der Waals surface area contributed by atoms with Crippen LogP contribution in [0.5, 0.6) is 0 Å². The molecule has 1 fully saturated rings. The zero-order valence-corrected chi connectivity index (χ0v) is 11.1. The first-order valence-corrected chi connectivity index (χ1v) is 6.89. The summed E-state index contributed by atoms with van der Waals surface area (Å²) in [6.07, 6.45) is 2.73. The van der Waals surface area contributed by atoms with Crippen molar-refractivity contribution in [1.29, 1.82) is 0 Å². The fourth-order valence-corrected chi connectivity index (χ4v) is 3.25. The average molecular weight is 302 g/mol. The van der Waals surface area contributed by atoms with Gasteiger partial charge in [0.15, 0.2) is 0 Å². The summed E-state index contributed by atoms with van der Waals surface area (Å²) in [5.74, 6) is 0.268. The quantitative estimate of drug-likeness (QED) is 0.913. The second-order valence-electron chi connectivity index (χ2n) is 3.88. The van der Waals surface area contributed by atoms with Crippen LogP contribution in [0.3, 0.4) is 0 Å². The molecule has 1 saturated carbocycles. The number of halogens is 1. The number of Topliss-reactive ketones (excluding diaryl/α,β-unsaturated/α-hetero) is 1. The first-order chi connectivity index (χ1) is 7.66. The minimum atomic E-state index is -0.0405. The molecule has 0 atom stereocenters. The molecule has 0 unspecified atom stereocenters. The van der Waals surface area contributed by atoms with Crippen LogP contribution in [0.2, 0.25) is 0 Å². The van der Waals surface area contributed by atoms with Gasteiger partial charge in [-0.2, -0.15) is 0 Å². The maximum absolute atomic E-state index is 11.9. The lowest BCUT2D eigenvalue weighted by molar-refractivity contribution is -0.120. The summed E-state index contributed by atoms with van der Waals surface area (Å²) in [6, 6.07) is 2.02. The van der Waals surface area contributed by atoms with Gasteiger partial charge in [0.05, 0.1) is 0 Å². The summed E-state index contributed by atoms with van der Waals surface area (Å²) in [7, 11) is 0. The third kappa shape index (κ3) is 2.71. The van der Waals surface area contributed by atoms with Crippen LogP contribution in [0.1, 0.15) is 35.4 Å². The molecule has 0 spiro atoms. The van der Waals surface area contributed by atoms with Crippen LogP contribution in [0.25, 0.3) is 0 Å². The van der Waals surface area contributed by atoms with Crippen molar-refractivity contribution in [3.8, 4) is 0 Å². The zero-order valence-electron chi connectivity index (χ0n) is 8.66. The summed E-state index contributed by atoms with van der Waals surface area (Å²) in [6.45, 7) is 0. The molecular formula is C11H12BrNO2S. The number of hydrogen-bond acceptors (Lipinski definition) is 3. The molecular weight excluding hydrogens is 290 g/mol. The highest BCUT2D eigenvalue weighted by molar-refractivity contribution is 9.10. The smallest absolute Gasteiger partial charge is 0.262 e. The Morgan fingerprint density at radius 2 is 2.12 bits per heavy atom. The summed E-state index contributed by atoms with van der Waals surface area (Å²) < 4.78 is 0.835. The van der Waals surface area contributed by atoms with Crippen LogP contribution in [-0.4, -0.2) is 17.7 Å². The Morgan fingerprint density at radius 1 is 1.44 bits per heavy atom. The number of nitrogens with one attached hydrogen (secondary N) is 1. The van der Waals surface area contributed by atoms with Crippen molar-refractivity contribution in [3.63, 3.8) is 0 Å². The Balaban J connectivity index is 1.93. The van der Waals surface area contributed by atoms with E-state index < -0.39 is 0 Å². The van der Waals surface area contributed by atoms with Gasteiger partial charge in [-0.1, -0.05) is 0 Å². The Hall–Kier alpha value is -0.680. The lowest BCUT2D eigenvalue weighted by Crippen LogP contribution is -2.37. The third-order valence-corrected chi connectivity index (χ3v) is 4.54. The fraction of sp³-hybridized carbons (Fsp3) is 0.455. The molecule has 1 N–H and O–H groups in total. The van der Waals surface area contributed by atoms with E-state index in [9.17, 15) is 9.59 Å². The molecule has 2 rings (SSSR count). The molecule has 0 aliphatic heterocycles. The Morgan fingerprint density at radius 3 is 2.69 bits per heavy atom. The topological polar surface area (TPSA) is 46.2 Å². The van der Waals surface area contributed by atoms with E-state index in [0.29, 0.717) is 23.5 Å². The molecule has 3 nitrogen and oxygen atoms in total. The molecule has 0 radical (unpaired) electrons. The highest BCUT2D eigenvalue weighted by atomic mass is 79.9. The molecule has 1 aromatic heterocycles. The van der Waals surface area contributed by atoms with Crippen molar-refractivity contribution in [2.75, 3.05) is 0 Å². The highest BCUT2D eigenvalue weighted by Gasteiger charge is 2.21. The van der Waals surface area contributed by atoms with E-state index in [-0.39, 0.29) is 11.9 Å². The van der Waals surface area contributed by atoms with E-state index in [1.54, 1.807) is 0 Å². The number of carbonyl (C=O) groups is 2. The molecule has 1 amide bonds. The number of thiophene rings is 1. The van der Waals surface area contributed by atoms with Crippen molar-refractivity contribution in [1.82, 2.24) is 5.32 Å². The van der Waals surface area contributed by atoms with E-state index in [2.05, 4.69) is 21.2 Å². The van der Waals surface area contributed by atoms with E-state index in [0.717, 1.165) is 17.3 Å². The fourth-order valence-electron chi connectivity index (χ4n) is 1.79. The van der Waals surface area contributed by atoms with Crippen molar-refractivity contribution >= 4 is 39.0 Å². The van der Waals surface area contributed by atoms with E-state index >= 15 is 0 Å². The van der Waals surface area contributed by atoms with Crippen LogP contribution in [0, 0.1) is 0 Å². The number of amides is 1. The van der Waals surface area contributed by atoms with Gasteiger partial charge in [0.2, 0.25) is 0 Å². The van der Waals surface area contributed by atoms with Gasteiger partial charge in [-0.25, -0.2) is 0 Å². The molecule has 86 valence electrons. The molecule has 1 aromatic rings. The number of carbonyl (C=O) groups excluding carboxylic acids is 2. The second-order valence-corrected chi connectivity index (χ2v) is 5.65. The van der Waals surface area contributed by atoms with Crippen LogP contribution < -0.4 is 5.32 Å². The minimum absolute atomic E-state index is 0.0405. The van der Waals surface area contributed by atoms with Gasteiger partial charge in [0, 0.05) is 23.4 Å². The van der Waals surface area contributed by atoms with Gasteiger partial charge >= 0.3 is 0 Å². The summed E-state index contributed by atoms with van der Waals surface area (Å²) in [4.78, 5) is 23.6.